The van der Waals surface area contributed by atoms with Crippen LogP contribution in [0.5, 0.6) is 0 Å². The fraction of sp³-hybridized carbons (Fsp3) is 1.00. The fourth-order valence-corrected chi connectivity index (χ4v) is 2.96. The van der Waals surface area contributed by atoms with Gasteiger partial charge in [0.05, 0.1) is 0 Å². The van der Waals surface area contributed by atoms with Crippen LogP contribution in [0.1, 0.15) is 58.3 Å². The Hall–Kier alpha value is 0. The van der Waals surface area contributed by atoms with E-state index >= 15 is 0 Å². The third-order valence-corrected chi connectivity index (χ3v) is 4.12. The van der Waals surface area contributed by atoms with E-state index in [0.717, 1.165) is 17.8 Å². The predicted molar refractivity (Wildman–Crippen MR) is 53.1 cm³/mol. The van der Waals surface area contributed by atoms with Crippen molar-refractivity contribution in [1.29, 1.82) is 0 Å². The Morgan fingerprint density at radius 2 is 1.67 bits per heavy atom. The summed E-state index contributed by atoms with van der Waals surface area (Å²) < 4.78 is 0. The quantitative estimate of drug-likeness (QED) is 0.594. The minimum Gasteiger partial charge on any atom is -0.0651 e. The van der Waals surface area contributed by atoms with Gasteiger partial charge in [-0.1, -0.05) is 45.4 Å². The first-order chi connectivity index (χ1) is 5.88. The molecule has 0 aromatic rings. The molecule has 2 aliphatic carbocycles. The first-order valence-electron chi connectivity index (χ1n) is 5.88. The fourth-order valence-electron chi connectivity index (χ4n) is 2.96. The summed E-state index contributed by atoms with van der Waals surface area (Å²) in [6.45, 7) is 2.36. The van der Waals surface area contributed by atoms with E-state index in [4.69, 9.17) is 0 Å². The average molecular weight is 166 g/mol. The van der Waals surface area contributed by atoms with Crippen LogP contribution >= 0.6 is 0 Å². The Morgan fingerprint density at radius 3 is 2.17 bits per heavy atom. The van der Waals surface area contributed by atoms with Gasteiger partial charge in [-0.3, -0.25) is 0 Å². The monoisotopic (exact) mass is 166 g/mol. The highest BCUT2D eigenvalue weighted by Crippen LogP contribution is 2.41. The number of rotatable bonds is 3. The lowest BCUT2D eigenvalue weighted by molar-refractivity contribution is 0.247. The Balaban J connectivity index is 1.68. The zero-order valence-corrected chi connectivity index (χ0v) is 8.39. The highest BCUT2D eigenvalue weighted by Gasteiger charge is 2.27. The Kier molecular flexibility index (Phi) is 2.73. The summed E-state index contributed by atoms with van der Waals surface area (Å²) in [6.07, 6.45) is 12.3. The largest absolute Gasteiger partial charge is 0.0651 e. The molecule has 2 unspecified atom stereocenters. The van der Waals surface area contributed by atoms with Crippen LogP contribution in [0.25, 0.3) is 0 Å². The van der Waals surface area contributed by atoms with Crippen LogP contribution in [0.3, 0.4) is 0 Å². The molecule has 0 aliphatic heterocycles. The molecule has 0 bridgehead atoms. The van der Waals surface area contributed by atoms with E-state index in [1.54, 1.807) is 32.1 Å². The van der Waals surface area contributed by atoms with Crippen LogP contribution in [-0.2, 0) is 0 Å². The van der Waals surface area contributed by atoms with E-state index in [0.29, 0.717) is 0 Å². The molecule has 0 amide bonds. The van der Waals surface area contributed by atoms with Crippen molar-refractivity contribution >= 4 is 0 Å². The first-order valence-corrected chi connectivity index (χ1v) is 5.88. The van der Waals surface area contributed by atoms with Gasteiger partial charge < -0.3 is 0 Å². The maximum Gasteiger partial charge on any atom is -0.0409 e. The molecule has 0 spiro atoms. The molecule has 0 saturated heterocycles. The van der Waals surface area contributed by atoms with Crippen molar-refractivity contribution in [3.8, 4) is 0 Å². The zero-order valence-electron chi connectivity index (χ0n) is 8.39. The van der Waals surface area contributed by atoms with Crippen LogP contribution in [0.2, 0.25) is 0 Å². The molecule has 0 aromatic carbocycles. The molecule has 2 atom stereocenters. The summed E-state index contributed by atoms with van der Waals surface area (Å²) in [5.41, 5.74) is 0. The molecule has 2 saturated carbocycles. The van der Waals surface area contributed by atoms with Gasteiger partial charge in [0, 0.05) is 0 Å². The maximum atomic E-state index is 2.36. The second kappa shape index (κ2) is 3.81. The Morgan fingerprint density at radius 1 is 0.917 bits per heavy atom. The number of hydrogen-bond acceptors (Lipinski definition) is 0. The molecule has 0 aromatic heterocycles. The van der Waals surface area contributed by atoms with Gasteiger partial charge in [-0.25, -0.2) is 0 Å². The van der Waals surface area contributed by atoms with E-state index in [9.17, 15) is 0 Å². The van der Waals surface area contributed by atoms with Gasteiger partial charge in [0.15, 0.2) is 0 Å². The highest BCUT2D eigenvalue weighted by molar-refractivity contribution is 4.79. The summed E-state index contributed by atoms with van der Waals surface area (Å²) >= 11 is 0. The molecule has 2 rings (SSSR count). The topological polar surface area (TPSA) is 0 Å². The van der Waals surface area contributed by atoms with Crippen molar-refractivity contribution in [2.75, 3.05) is 0 Å². The van der Waals surface area contributed by atoms with Crippen LogP contribution in [-0.4, -0.2) is 0 Å². The minimum absolute atomic E-state index is 1.09. The normalized spacial score (nSPS) is 36.8. The van der Waals surface area contributed by atoms with Gasteiger partial charge >= 0.3 is 0 Å². The van der Waals surface area contributed by atoms with Crippen LogP contribution in [0, 0.1) is 17.8 Å². The predicted octanol–water partition coefficient (Wildman–Crippen LogP) is 4.00. The van der Waals surface area contributed by atoms with E-state index in [2.05, 4.69) is 6.92 Å². The van der Waals surface area contributed by atoms with Crippen molar-refractivity contribution in [2.24, 2.45) is 17.8 Å². The highest BCUT2D eigenvalue weighted by atomic mass is 14.3. The van der Waals surface area contributed by atoms with Gasteiger partial charge in [-0.15, -0.1) is 0 Å². The SMILES string of the molecule is CCC1CCC(CC2CCC2)C1. The van der Waals surface area contributed by atoms with Crippen LogP contribution in [0.4, 0.5) is 0 Å². The van der Waals surface area contributed by atoms with E-state index in [1.165, 1.54) is 19.3 Å². The summed E-state index contributed by atoms with van der Waals surface area (Å²) in [7, 11) is 0. The first kappa shape index (κ1) is 8.59. The second-order valence-electron chi connectivity index (χ2n) is 4.99. The molecule has 0 N–H and O–H groups in total. The molecular formula is C12H22. The average Bonchev–Trinajstić information content (AvgIpc) is 2.44. The molecule has 2 fully saturated rings. The van der Waals surface area contributed by atoms with Gasteiger partial charge in [-0.05, 0) is 30.6 Å². The lowest BCUT2D eigenvalue weighted by Crippen LogP contribution is -2.14. The summed E-state index contributed by atoms with van der Waals surface area (Å²) in [6, 6.07) is 0. The molecule has 2 aliphatic rings. The van der Waals surface area contributed by atoms with Crippen molar-refractivity contribution in [3.63, 3.8) is 0 Å². The minimum atomic E-state index is 1.09. The molecule has 70 valence electrons. The lowest BCUT2D eigenvalue weighted by atomic mass is 9.78. The molecule has 0 heterocycles. The molecule has 0 radical (unpaired) electrons. The van der Waals surface area contributed by atoms with Crippen molar-refractivity contribution in [2.45, 2.75) is 58.3 Å². The van der Waals surface area contributed by atoms with Crippen molar-refractivity contribution < 1.29 is 0 Å². The summed E-state index contributed by atoms with van der Waals surface area (Å²) in [5.74, 6) is 3.36. The Bertz CT molecular complexity index is 135. The Labute approximate surface area is 76.7 Å². The smallest absolute Gasteiger partial charge is 0.0409 e. The van der Waals surface area contributed by atoms with Gasteiger partial charge in [0.2, 0.25) is 0 Å². The third-order valence-electron chi connectivity index (χ3n) is 4.12. The van der Waals surface area contributed by atoms with Crippen LogP contribution in [0.15, 0.2) is 0 Å². The summed E-state index contributed by atoms with van der Waals surface area (Å²) in [4.78, 5) is 0. The molecule has 12 heavy (non-hydrogen) atoms. The molecule has 0 nitrogen and oxygen atoms in total. The van der Waals surface area contributed by atoms with Crippen molar-refractivity contribution in [1.82, 2.24) is 0 Å². The standard InChI is InChI=1S/C12H22/c1-2-10-6-7-12(8-10)9-11-4-3-5-11/h10-12H,2-9H2,1H3. The molecular weight excluding hydrogens is 144 g/mol. The van der Waals surface area contributed by atoms with Crippen molar-refractivity contribution in [3.05, 3.63) is 0 Å². The van der Waals surface area contributed by atoms with E-state index in [1.807, 2.05) is 0 Å². The van der Waals surface area contributed by atoms with Gasteiger partial charge in [-0.2, -0.15) is 0 Å². The van der Waals surface area contributed by atoms with E-state index in [-0.39, 0.29) is 0 Å². The van der Waals surface area contributed by atoms with Gasteiger partial charge in [0.1, 0.15) is 0 Å². The third kappa shape index (κ3) is 1.84. The van der Waals surface area contributed by atoms with Gasteiger partial charge in [0.25, 0.3) is 0 Å². The lowest BCUT2D eigenvalue weighted by Gasteiger charge is -2.28. The number of hydrogen-bond donors (Lipinski definition) is 0. The second-order valence-corrected chi connectivity index (χ2v) is 4.99. The maximum absolute atomic E-state index is 2.36. The summed E-state index contributed by atoms with van der Waals surface area (Å²) in [5, 5.41) is 0. The molecule has 0 heteroatoms. The van der Waals surface area contributed by atoms with E-state index < -0.39 is 0 Å². The zero-order chi connectivity index (χ0) is 8.39. The van der Waals surface area contributed by atoms with Crippen LogP contribution < -0.4 is 0 Å².